The van der Waals surface area contributed by atoms with Gasteiger partial charge in [0, 0.05) is 0 Å². The fourth-order valence-corrected chi connectivity index (χ4v) is 3.86. The summed E-state index contributed by atoms with van der Waals surface area (Å²) in [6, 6.07) is 21.0. The normalized spacial score (nSPS) is 13.3. The average molecular weight is 468 g/mol. The van der Waals surface area contributed by atoms with Gasteiger partial charge in [0.25, 0.3) is 11.8 Å². The topological polar surface area (TPSA) is 91.7 Å². The molecule has 0 aliphatic carbocycles. The van der Waals surface area contributed by atoms with Crippen LogP contribution in [0.25, 0.3) is 5.57 Å². The number of hydrogen-bond acceptors (Lipinski definition) is 6. The van der Waals surface area contributed by atoms with Crippen LogP contribution in [0, 0.1) is 18.3 Å². The van der Waals surface area contributed by atoms with Crippen molar-refractivity contribution in [2.45, 2.75) is 26.9 Å². The second-order valence-electron chi connectivity index (χ2n) is 8.37. The number of anilines is 2. The molecule has 3 aromatic carbocycles. The lowest BCUT2D eigenvalue weighted by molar-refractivity contribution is -0.120. The summed E-state index contributed by atoms with van der Waals surface area (Å²) in [4.78, 5) is 28.4. The minimum Gasteiger partial charge on any atom is -0.495 e. The van der Waals surface area contributed by atoms with Crippen molar-refractivity contribution in [1.82, 2.24) is 0 Å². The van der Waals surface area contributed by atoms with Crippen molar-refractivity contribution in [3.8, 4) is 17.6 Å². The fourth-order valence-electron chi connectivity index (χ4n) is 3.86. The van der Waals surface area contributed by atoms with E-state index >= 15 is 0 Å². The number of hydrogen-bond donors (Lipinski definition) is 1. The van der Waals surface area contributed by atoms with Gasteiger partial charge in [-0.25, -0.2) is 4.90 Å². The second kappa shape index (κ2) is 9.74. The molecule has 0 atom stereocenters. The molecule has 0 bridgehead atoms. The first-order valence-corrected chi connectivity index (χ1v) is 11.1. The van der Waals surface area contributed by atoms with Gasteiger partial charge in [0.1, 0.15) is 17.2 Å². The highest BCUT2D eigenvalue weighted by Crippen LogP contribution is 2.36. The Morgan fingerprint density at radius 1 is 0.943 bits per heavy atom. The minimum atomic E-state index is -0.499. The molecular weight excluding hydrogens is 442 g/mol. The van der Waals surface area contributed by atoms with Crippen molar-refractivity contribution in [3.63, 3.8) is 0 Å². The van der Waals surface area contributed by atoms with Crippen LogP contribution in [0.5, 0.6) is 11.5 Å². The number of carbonyl (C=O) groups excluding carboxylic acids is 2. The summed E-state index contributed by atoms with van der Waals surface area (Å²) < 4.78 is 11.2. The lowest BCUT2D eigenvalue weighted by atomic mass is 10.0. The highest BCUT2D eigenvalue weighted by Gasteiger charge is 2.40. The number of methoxy groups -OCH3 is 1. The molecular formula is C28H25N3O4. The van der Waals surface area contributed by atoms with E-state index in [-0.39, 0.29) is 17.4 Å². The third-order valence-corrected chi connectivity index (χ3v) is 5.47. The highest BCUT2D eigenvalue weighted by molar-refractivity contribution is 6.46. The zero-order valence-corrected chi connectivity index (χ0v) is 20.0. The van der Waals surface area contributed by atoms with Crippen LogP contribution in [0.4, 0.5) is 11.4 Å². The van der Waals surface area contributed by atoms with E-state index in [9.17, 15) is 9.59 Å². The van der Waals surface area contributed by atoms with Gasteiger partial charge in [-0.2, -0.15) is 5.26 Å². The molecule has 176 valence electrons. The summed E-state index contributed by atoms with van der Waals surface area (Å²) in [6.07, 6.45) is 0.00708. The van der Waals surface area contributed by atoms with Crippen LogP contribution in [0.2, 0.25) is 0 Å². The summed E-state index contributed by atoms with van der Waals surface area (Å²) in [5.41, 5.74) is 3.30. The Bertz CT molecular complexity index is 1350. The first-order valence-electron chi connectivity index (χ1n) is 11.1. The van der Waals surface area contributed by atoms with Crippen molar-refractivity contribution in [1.29, 1.82) is 5.26 Å². The zero-order valence-electron chi connectivity index (χ0n) is 20.0. The number of imide groups is 1. The lowest BCUT2D eigenvalue weighted by Gasteiger charge is -2.16. The van der Waals surface area contributed by atoms with Crippen LogP contribution in [0.15, 0.2) is 72.4 Å². The Morgan fingerprint density at radius 3 is 2.23 bits per heavy atom. The minimum absolute atomic E-state index is 0.00708. The van der Waals surface area contributed by atoms with Gasteiger partial charge in [0.05, 0.1) is 41.8 Å². The molecule has 35 heavy (non-hydrogen) atoms. The number of carbonyl (C=O) groups is 2. The van der Waals surface area contributed by atoms with Crippen molar-refractivity contribution in [2.24, 2.45) is 0 Å². The van der Waals surface area contributed by atoms with E-state index in [4.69, 9.17) is 14.7 Å². The summed E-state index contributed by atoms with van der Waals surface area (Å²) in [5.74, 6) is 0.243. The molecule has 1 aliphatic heterocycles. The number of aryl methyl sites for hydroxylation is 1. The van der Waals surface area contributed by atoms with Crippen LogP contribution in [-0.2, 0) is 9.59 Å². The molecule has 7 heteroatoms. The molecule has 2 amide bonds. The predicted molar refractivity (Wildman–Crippen MR) is 134 cm³/mol. The summed E-state index contributed by atoms with van der Waals surface area (Å²) in [7, 11) is 1.54. The van der Waals surface area contributed by atoms with Gasteiger partial charge in [-0.1, -0.05) is 18.2 Å². The number of ether oxygens (including phenoxy) is 2. The maximum atomic E-state index is 13.6. The molecule has 1 heterocycles. The van der Waals surface area contributed by atoms with Crippen molar-refractivity contribution in [3.05, 3.63) is 89.1 Å². The Morgan fingerprint density at radius 2 is 1.63 bits per heavy atom. The maximum absolute atomic E-state index is 13.6. The molecule has 0 saturated heterocycles. The van der Waals surface area contributed by atoms with Gasteiger partial charge in [-0.3, -0.25) is 9.59 Å². The molecule has 7 nitrogen and oxygen atoms in total. The predicted octanol–water partition coefficient (Wildman–Crippen LogP) is 5.06. The molecule has 4 rings (SSSR count). The zero-order chi connectivity index (χ0) is 25.1. The SMILES string of the molecule is COc1ccc(C)cc1NC1=C(c2ccc(OC(C)C)cc2)C(=O)N(c2ccc(C#N)cc2)C1=O. The van der Waals surface area contributed by atoms with Gasteiger partial charge >= 0.3 is 0 Å². The molecule has 1 N–H and O–H groups in total. The number of benzene rings is 3. The molecule has 0 unspecified atom stereocenters. The van der Waals surface area contributed by atoms with E-state index in [2.05, 4.69) is 5.32 Å². The van der Waals surface area contributed by atoms with Crippen LogP contribution in [0.1, 0.15) is 30.5 Å². The van der Waals surface area contributed by atoms with E-state index in [1.807, 2.05) is 39.0 Å². The Kier molecular flexibility index (Phi) is 6.56. The lowest BCUT2D eigenvalue weighted by Crippen LogP contribution is -2.32. The smallest absolute Gasteiger partial charge is 0.282 e. The van der Waals surface area contributed by atoms with Crippen molar-refractivity contribution >= 4 is 28.8 Å². The summed E-state index contributed by atoms with van der Waals surface area (Å²) in [5, 5.41) is 12.3. The van der Waals surface area contributed by atoms with E-state index < -0.39 is 11.8 Å². The monoisotopic (exact) mass is 467 g/mol. The van der Waals surface area contributed by atoms with Gasteiger partial charge in [0.2, 0.25) is 0 Å². The number of nitrogens with zero attached hydrogens (tertiary/aromatic N) is 2. The standard InChI is InChI=1S/C28H25N3O4/c1-17(2)35-22-12-8-20(9-13-22)25-26(30-23-15-18(3)5-14-24(23)34-4)28(33)31(27(25)32)21-10-6-19(16-29)7-11-21/h5-15,17,30H,1-4H3. The average Bonchev–Trinajstić information content (AvgIpc) is 3.08. The Labute approximate surface area is 204 Å². The fraction of sp³-hybridized carbons (Fsp3) is 0.179. The highest BCUT2D eigenvalue weighted by atomic mass is 16.5. The Hall–Kier alpha value is -4.57. The van der Waals surface area contributed by atoms with Crippen LogP contribution >= 0.6 is 0 Å². The first kappa shape index (κ1) is 23.6. The Balaban J connectivity index is 1.81. The third kappa shape index (κ3) is 4.73. The van der Waals surface area contributed by atoms with Crippen LogP contribution in [0.3, 0.4) is 0 Å². The molecule has 0 fully saturated rings. The summed E-state index contributed by atoms with van der Waals surface area (Å²) >= 11 is 0. The number of rotatable bonds is 7. The van der Waals surface area contributed by atoms with Gasteiger partial charge in [-0.15, -0.1) is 0 Å². The van der Waals surface area contributed by atoms with Crippen molar-refractivity contribution in [2.75, 3.05) is 17.3 Å². The molecule has 1 aliphatic rings. The summed E-state index contributed by atoms with van der Waals surface area (Å²) in [6.45, 7) is 5.79. The molecule has 3 aromatic rings. The van der Waals surface area contributed by atoms with E-state index in [0.717, 1.165) is 10.5 Å². The largest absolute Gasteiger partial charge is 0.495 e. The van der Waals surface area contributed by atoms with Gasteiger partial charge < -0.3 is 14.8 Å². The van der Waals surface area contributed by atoms with E-state index in [0.29, 0.717) is 34.0 Å². The van der Waals surface area contributed by atoms with E-state index in [1.54, 1.807) is 61.7 Å². The number of nitriles is 1. The van der Waals surface area contributed by atoms with Gasteiger partial charge in [-0.05, 0) is 80.4 Å². The molecule has 0 saturated carbocycles. The molecule has 0 spiro atoms. The molecule has 0 radical (unpaired) electrons. The maximum Gasteiger partial charge on any atom is 0.282 e. The van der Waals surface area contributed by atoms with Gasteiger partial charge in [0.15, 0.2) is 0 Å². The van der Waals surface area contributed by atoms with Crippen LogP contribution in [-0.4, -0.2) is 25.0 Å². The number of nitrogens with one attached hydrogen (secondary N) is 1. The third-order valence-electron chi connectivity index (χ3n) is 5.47. The van der Waals surface area contributed by atoms with E-state index in [1.165, 1.54) is 0 Å². The number of amides is 2. The second-order valence-corrected chi connectivity index (χ2v) is 8.37. The first-order chi connectivity index (χ1) is 16.8. The van der Waals surface area contributed by atoms with Crippen molar-refractivity contribution < 1.29 is 19.1 Å². The van der Waals surface area contributed by atoms with Crippen LogP contribution < -0.4 is 19.7 Å². The quantitative estimate of drug-likeness (QED) is 0.489. The molecule has 0 aromatic heterocycles.